The minimum absolute atomic E-state index is 0.0473. The number of hydrogen-bond donors (Lipinski definition) is 0. The quantitative estimate of drug-likeness (QED) is 0.416. The molecule has 2 aromatic carbocycles. The van der Waals surface area contributed by atoms with Crippen molar-refractivity contribution in [2.24, 2.45) is 0 Å². The van der Waals surface area contributed by atoms with Gasteiger partial charge in [-0.25, -0.2) is 0 Å². The van der Waals surface area contributed by atoms with E-state index in [9.17, 15) is 8.78 Å². The van der Waals surface area contributed by atoms with Gasteiger partial charge in [-0.05, 0) is 48.7 Å². The Morgan fingerprint density at radius 2 is 2.00 bits per heavy atom. The standard InChI is InChI=1S/C21H20BrF2N3O3/c1-28-18-10-14(5-8-17(18)29-21(23)24)20-25-19(30-26-20)12-27(16-6-7-16)11-13-3-2-4-15(22)9-13/h2-5,8-10,16,21H,6-7,11-12H2,1H3. The number of alkyl halides is 2. The molecule has 1 heterocycles. The van der Waals surface area contributed by atoms with E-state index < -0.39 is 6.61 Å². The van der Waals surface area contributed by atoms with E-state index >= 15 is 0 Å². The number of hydrogen-bond acceptors (Lipinski definition) is 6. The molecule has 1 aliphatic rings. The van der Waals surface area contributed by atoms with E-state index in [1.807, 2.05) is 12.1 Å². The Labute approximate surface area is 180 Å². The van der Waals surface area contributed by atoms with E-state index in [-0.39, 0.29) is 11.5 Å². The maximum atomic E-state index is 12.5. The zero-order valence-electron chi connectivity index (χ0n) is 16.2. The largest absolute Gasteiger partial charge is 0.493 e. The van der Waals surface area contributed by atoms with E-state index in [4.69, 9.17) is 9.26 Å². The number of methoxy groups -OCH3 is 1. The maximum Gasteiger partial charge on any atom is 0.387 e. The number of halogens is 3. The molecule has 0 saturated heterocycles. The zero-order valence-corrected chi connectivity index (χ0v) is 17.8. The average Bonchev–Trinajstić information content (AvgIpc) is 3.46. The van der Waals surface area contributed by atoms with Gasteiger partial charge >= 0.3 is 6.61 Å². The van der Waals surface area contributed by atoms with Gasteiger partial charge in [0, 0.05) is 22.6 Å². The molecule has 0 unspecified atom stereocenters. The van der Waals surface area contributed by atoms with Crippen molar-refractivity contribution in [2.45, 2.75) is 38.6 Å². The van der Waals surface area contributed by atoms with E-state index in [2.05, 4.69) is 47.8 Å². The van der Waals surface area contributed by atoms with Crippen molar-refractivity contribution in [1.82, 2.24) is 15.0 Å². The molecular weight excluding hydrogens is 460 g/mol. The summed E-state index contributed by atoms with van der Waals surface area (Å²) < 4.78 is 41.1. The van der Waals surface area contributed by atoms with E-state index in [0.29, 0.717) is 29.9 Å². The average molecular weight is 480 g/mol. The molecule has 0 atom stereocenters. The lowest BCUT2D eigenvalue weighted by molar-refractivity contribution is -0.0512. The highest BCUT2D eigenvalue weighted by Gasteiger charge is 2.30. The van der Waals surface area contributed by atoms with Gasteiger partial charge in [0.1, 0.15) is 0 Å². The molecular formula is C21H20BrF2N3O3. The Hall–Kier alpha value is -2.52. The van der Waals surface area contributed by atoms with Crippen molar-refractivity contribution in [3.63, 3.8) is 0 Å². The minimum atomic E-state index is -2.93. The van der Waals surface area contributed by atoms with E-state index in [1.54, 1.807) is 12.1 Å². The summed E-state index contributed by atoms with van der Waals surface area (Å²) in [6.07, 6.45) is 2.30. The fraction of sp³-hybridized carbons (Fsp3) is 0.333. The normalized spacial score (nSPS) is 13.8. The SMILES string of the molecule is COc1cc(-c2noc(CN(Cc3cccc(Br)c3)C3CC3)n2)ccc1OC(F)F. The zero-order chi connectivity index (χ0) is 21.1. The molecule has 1 aromatic heterocycles. The maximum absolute atomic E-state index is 12.5. The lowest BCUT2D eigenvalue weighted by Crippen LogP contribution is -2.25. The van der Waals surface area contributed by atoms with Crippen molar-refractivity contribution in [1.29, 1.82) is 0 Å². The van der Waals surface area contributed by atoms with Crippen LogP contribution in [0.1, 0.15) is 24.3 Å². The molecule has 0 spiro atoms. The van der Waals surface area contributed by atoms with Crippen LogP contribution in [-0.2, 0) is 13.1 Å². The fourth-order valence-corrected chi connectivity index (χ4v) is 3.68. The van der Waals surface area contributed by atoms with Gasteiger partial charge in [0.05, 0.1) is 13.7 Å². The van der Waals surface area contributed by atoms with Gasteiger partial charge in [0.2, 0.25) is 11.7 Å². The highest BCUT2D eigenvalue weighted by Crippen LogP contribution is 2.33. The highest BCUT2D eigenvalue weighted by molar-refractivity contribution is 9.10. The van der Waals surface area contributed by atoms with Crippen molar-refractivity contribution in [2.75, 3.05) is 7.11 Å². The van der Waals surface area contributed by atoms with Crippen molar-refractivity contribution in [3.05, 3.63) is 58.4 Å². The molecule has 30 heavy (non-hydrogen) atoms. The summed E-state index contributed by atoms with van der Waals surface area (Å²) in [6.45, 7) is -1.61. The second-order valence-electron chi connectivity index (χ2n) is 7.02. The number of nitrogens with zero attached hydrogens (tertiary/aromatic N) is 3. The van der Waals surface area contributed by atoms with Crippen LogP contribution >= 0.6 is 15.9 Å². The third kappa shape index (κ3) is 5.14. The number of benzene rings is 2. The Morgan fingerprint density at radius 1 is 1.17 bits per heavy atom. The molecule has 0 radical (unpaired) electrons. The number of rotatable bonds is 9. The molecule has 9 heteroatoms. The van der Waals surface area contributed by atoms with Crippen LogP contribution in [0.5, 0.6) is 11.5 Å². The van der Waals surface area contributed by atoms with Gasteiger partial charge in [0.15, 0.2) is 11.5 Å². The third-order valence-electron chi connectivity index (χ3n) is 4.78. The van der Waals surface area contributed by atoms with Gasteiger partial charge in [-0.15, -0.1) is 0 Å². The molecule has 0 aliphatic heterocycles. The summed E-state index contributed by atoms with van der Waals surface area (Å²) in [4.78, 5) is 6.80. The first-order valence-electron chi connectivity index (χ1n) is 9.46. The second kappa shape index (κ2) is 9.09. The fourth-order valence-electron chi connectivity index (χ4n) is 3.23. The van der Waals surface area contributed by atoms with Gasteiger partial charge in [0.25, 0.3) is 0 Å². The lowest BCUT2D eigenvalue weighted by atomic mass is 10.2. The van der Waals surface area contributed by atoms with Gasteiger partial charge in [-0.3, -0.25) is 4.90 Å². The molecule has 3 aromatic rings. The predicted octanol–water partition coefficient (Wildman–Crippen LogP) is 5.27. The topological polar surface area (TPSA) is 60.6 Å². The van der Waals surface area contributed by atoms with Crippen LogP contribution in [0.2, 0.25) is 0 Å². The first-order valence-corrected chi connectivity index (χ1v) is 10.3. The molecule has 0 N–H and O–H groups in total. The van der Waals surface area contributed by atoms with Crippen LogP contribution in [0, 0.1) is 0 Å². The van der Waals surface area contributed by atoms with Crippen LogP contribution in [0.3, 0.4) is 0 Å². The van der Waals surface area contributed by atoms with Gasteiger partial charge < -0.3 is 14.0 Å². The summed E-state index contributed by atoms with van der Waals surface area (Å²) in [7, 11) is 1.38. The molecule has 158 valence electrons. The Morgan fingerprint density at radius 3 is 2.70 bits per heavy atom. The van der Waals surface area contributed by atoms with E-state index in [0.717, 1.165) is 23.9 Å². The molecule has 6 nitrogen and oxygen atoms in total. The van der Waals surface area contributed by atoms with Crippen LogP contribution in [-0.4, -0.2) is 34.8 Å². The summed E-state index contributed by atoms with van der Waals surface area (Å²) in [6, 6.07) is 13.3. The van der Waals surface area contributed by atoms with Crippen molar-refractivity contribution in [3.8, 4) is 22.9 Å². The van der Waals surface area contributed by atoms with Crippen molar-refractivity contribution >= 4 is 15.9 Å². The predicted molar refractivity (Wildman–Crippen MR) is 109 cm³/mol. The Kier molecular flexibility index (Phi) is 6.29. The summed E-state index contributed by atoms with van der Waals surface area (Å²) in [5.41, 5.74) is 1.80. The Balaban J connectivity index is 1.49. The van der Waals surface area contributed by atoms with Crippen molar-refractivity contribution < 1.29 is 22.8 Å². The molecule has 1 saturated carbocycles. The van der Waals surface area contributed by atoms with Crippen LogP contribution in [0.15, 0.2) is 51.5 Å². The first kappa shape index (κ1) is 20.7. The summed E-state index contributed by atoms with van der Waals surface area (Å²) in [5.74, 6) is 0.992. The monoisotopic (exact) mass is 479 g/mol. The molecule has 1 fully saturated rings. The van der Waals surface area contributed by atoms with Crippen LogP contribution < -0.4 is 9.47 Å². The molecule has 0 amide bonds. The van der Waals surface area contributed by atoms with Gasteiger partial charge in [-0.1, -0.05) is 33.2 Å². The minimum Gasteiger partial charge on any atom is -0.493 e. The van der Waals surface area contributed by atoms with E-state index in [1.165, 1.54) is 18.7 Å². The summed E-state index contributed by atoms with van der Waals surface area (Å²) >= 11 is 3.51. The Bertz CT molecular complexity index is 1010. The lowest BCUT2D eigenvalue weighted by Gasteiger charge is -2.20. The van der Waals surface area contributed by atoms with Crippen LogP contribution in [0.4, 0.5) is 8.78 Å². The number of aromatic nitrogens is 2. The first-order chi connectivity index (χ1) is 14.5. The second-order valence-corrected chi connectivity index (χ2v) is 7.94. The summed E-state index contributed by atoms with van der Waals surface area (Å²) in [5, 5.41) is 4.04. The molecule has 0 bridgehead atoms. The molecule has 1 aliphatic carbocycles. The third-order valence-corrected chi connectivity index (χ3v) is 5.28. The van der Waals surface area contributed by atoms with Gasteiger partial charge in [-0.2, -0.15) is 13.8 Å². The van der Waals surface area contributed by atoms with Crippen LogP contribution in [0.25, 0.3) is 11.4 Å². The highest BCUT2D eigenvalue weighted by atomic mass is 79.9. The number of ether oxygens (including phenoxy) is 2. The molecule has 4 rings (SSSR count). The smallest absolute Gasteiger partial charge is 0.387 e.